The van der Waals surface area contributed by atoms with Gasteiger partial charge in [-0.05, 0) is 34.8 Å². The summed E-state index contributed by atoms with van der Waals surface area (Å²) >= 11 is 0. The molecule has 1 aromatic heterocycles. The zero-order valence-electron chi connectivity index (χ0n) is 10.7. The fourth-order valence-corrected chi connectivity index (χ4v) is 1.46. The maximum Gasteiger partial charge on any atom is 0.389 e. The molecule has 0 bridgehead atoms. The van der Waals surface area contributed by atoms with Crippen LogP contribution in [0.2, 0.25) is 0 Å². The molecule has 0 saturated heterocycles. The van der Waals surface area contributed by atoms with Crippen LogP contribution < -0.4 is 5.43 Å². The summed E-state index contributed by atoms with van der Waals surface area (Å²) in [5.74, 6) is -0.658. The van der Waals surface area contributed by atoms with Gasteiger partial charge in [0.2, 0.25) is 0 Å². The third-order valence-electron chi connectivity index (χ3n) is 2.42. The van der Waals surface area contributed by atoms with Crippen LogP contribution >= 0.6 is 0 Å². The van der Waals surface area contributed by atoms with Crippen molar-refractivity contribution in [2.24, 2.45) is 5.10 Å². The number of phenols is 1. The van der Waals surface area contributed by atoms with Gasteiger partial charge in [0.15, 0.2) is 0 Å². The van der Waals surface area contributed by atoms with Gasteiger partial charge in [-0.1, -0.05) is 0 Å². The molecule has 0 aliphatic heterocycles. The number of hydrogen-bond acceptors (Lipinski definition) is 6. The summed E-state index contributed by atoms with van der Waals surface area (Å²) in [4.78, 5) is 21.3. The molecule has 0 radical (unpaired) electrons. The molecule has 0 fully saturated rings. The number of carbonyl (C=O) groups excluding carboxylic acids is 1. The van der Waals surface area contributed by atoms with Crippen molar-refractivity contribution in [3.8, 4) is 5.75 Å². The van der Waals surface area contributed by atoms with Crippen LogP contribution in [-0.4, -0.2) is 31.9 Å². The standard InChI is InChI=1S/C12H11N5O4/c18-10-3-1-9(2-4-10)7-13-14-12(19)8-16-6-5-11(15-16)17(20)21/h1-7,18H,8H2,(H,14,19). The summed E-state index contributed by atoms with van der Waals surface area (Å²) < 4.78 is 1.14. The Kier molecular flexibility index (Phi) is 4.24. The van der Waals surface area contributed by atoms with Crippen molar-refractivity contribution in [2.45, 2.75) is 6.54 Å². The van der Waals surface area contributed by atoms with E-state index in [1.54, 1.807) is 12.1 Å². The van der Waals surface area contributed by atoms with Gasteiger partial charge in [-0.25, -0.2) is 5.43 Å². The predicted octanol–water partition coefficient (Wildman–Crippen LogP) is 0.647. The van der Waals surface area contributed by atoms with Gasteiger partial charge in [0.05, 0.1) is 23.6 Å². The van der Waals surface area contributed by atoms with Crippen molar-refractivity contribution < 1.29 is 14.8 Å². The van der Waals surface area contributed by atoms with E-state index in [1.807, 2.05) is 0 Å². The Morgan fingerprint density at radius 1 is 1.43 bits per heavy atom. The maximum atomic E-state index is 11.5. The molecule has 2 rings (SSSR count). The van der Waals surface area contributed by atoms with E-state index >= 15 is 0 Å². The second-order valence-corrected chi connectivity index (χ2v) is 4.01. The average Bonchev–Trinajstić information content (AvgIpc) is 2.90. The molecule has 0 aliphatic rings. The van der Waals surface area contributed by atoms with Crippen LogP contribution in [0.1, 0.15) is 5.56 Å². The van der Waals surface area contributed by atoms with E-state index in [2.05, 4.69) is 15.6 Å². The van der Waals surface area contributed by atoms with E-state index in [9.17, 15) is 14.9 Å². The molecule has 0 spiro atoms. The summed E-state index contributed by atoms with van der Waals surface area (Å²) in [7, 11) is 0. The van der Waals surface area contributed by atoms with E-state index in [-0.39, 0.29) is 18.1 Å². The number of phenolic OH excluding ortho intramolecular Hbond substituents is 1. The number of rotatable bonds is 5. The van der Waals surface area contributed by atoms with Gasteiger partial charge >= 0.3 is 5.82 Å². The number of nitrogens with one attached hydrogen (secondary N) is 1. The molecule has 9 heteroatoms. The molecule has 9 nitrogen and oxygen atoms in total. The lowest BCUT2D eigenvalue weighted by atomic mass is 10.2. The number of aromatic nitrogens is 2. The average molecular weight is 289 g/mol. The Balaban J connectivity index is 1.86. The molecule has 1 heterocycles. The third kappa shape index (κ3) is 4.13. The van der Waals surface area contributed by atoms with Gasteiger partial charge in [0.25, 0.3) is 5.91 Å². The van der Waals surface area contributed by atoms with E-state index in [0.29, 0.717) is 5.56 Å². The third-order valence-corrected chi connectivity index (χ3v) is 2.42. The SMILES string of the molecule is O=C(Cn1ccc([N+](=O)[O-])n1)NN=Cc1ccc(O)cc1. The first-order chi connectivity index (χ1) is 10.0. The minimum Gasteiger partial charge on any atom is -0.508 e. The van der Waals surface area contributed by atoms with Gasteiger partial charge in [0, 0.05) is 0 Å². The van der Waals surface area contributed by atoms with Crippen molar-refractivity contribution in [2.75, 3.05) is 0 Å². The van der Waals surface area contributed by atoms with Crippen LogP contribution in [0, 0.1) is 10.1 Å². The number of nitro groups is 1. The van der Waals surface area contributed by atoms with Gasteiger partial charge in [0.1, 0.15) is 12.3 Å². The highest BCUT2D eigenvalue weighted by atomic mass is 16.6. The number of hydrogen-bond donors (Lipinski definition) is 2. The predicted molar refractivity (Wildman–Crippen MR) is 72.7 cm³/mol. The van der Waals surface area contributed by atoms with Crippen LogP contribution in [0.3, 0.4) is 0 Å². The first-order valence-electron chi connectivity index (χ1n) is 5.83. The smallest absolute Gasteiger partial charge is 0.389 e. The highest BCUT2D eigenvalue weighted by Gasteiger charge is 2.12. The largest absolute Gasteiger partial charge is 0.508 e. The molecule has 0 saturated carbocycles. The lowest BCUT2D eigenvalue weighted by Crippen LogP contribution is -2.23. The highest BCUT2D eigenvalue weighted by molar-refractivity contribution is 5.82. The monoisotopic (exact) mass is 289 g/mol. The quantitative estimate of drug-likeness (QED) is 0.475. The zero-order chi connectivity index (χ0) is 15.2. The Hall–Kier alpha value is -3.23. The molecule has 21 heavy (non-hydrogen) atoms. The van der Waals surface area contributed by atoms with Crippen LogP contribution in [-0.2, 0) is 11.3 Å². The number of carbonyl (C=O) groups is 1. The van der Waals surface area contributed by atoms with E-state index in [4.69, 9.17) is 5.11 Å². The van der Waals surface area contributed by atoms with E-state index < -0.39 is 10.8 Å². The van der Waals surface area contributed by atoms with Gasteiger partial charge in [-0.2, -0.15) is 9.78 Å². The normalized spacial score (nSPS) is 10.7. The van der Waals surface area contributed by atoms with Crippen molar-refractivity contribution in [3.05, 3.63) is 52.2 Å². The molecule has 0 atom stereocenters. The molecule has 2 aromatic rings. The minimum absolute atomic E-state index is 0.136. The summed E-state index contributed by atoms with van der Waals surface area (Å²) in [6.45, 7) is -0.180. The minimum atomic E-state index is -0.641. The Labute approximate surface area is 118 Å². The van der Waals surface area contributed by atoms with Crippen LogP contribution in [0.25, 0.3) is 0 Å². The molecule has 0 unspecified atom stereocenters. The molecule has 1 amide bonds. The lowest BCUT2D eigenvalue weighted by molar-refractivity contribution is -0.389. The fraction of sp³-hybridized carbons (Fsp3) is 0.0833. The zero-order valence-corrected chi connectivity index (χ0v) is 10.7. The Morgan fingerprint density at radius 2 is 2.14 bits per heavy atom. The van der Waals surface area contributed by atoms with Crippen LogP contribution in [0.5, 0.6) is 5.75 Å². The van der Waals surface area contributed by atoms with E-state index in [0.717, 1.165) is 4.68 Å². The topological polar surface area (TPSA) is 123 Å². The van der Waals surface area contributed by atoms with Crippen molar-refractivity contribution in [3.63, 3.8) is 0 Å². The highest BCUT2D eigenvalue weighted by Crippen LogP contribution is 2.07. The maximum absolute atomic E-state index is 11.5. The number of benzene rings is 1. The van der Waals surface area contributed by atoms with Crippen molar-refractivity contribution >= 4 is 17.9 Å². The van der Waals surface area contributed by atoms with Crippen molar-refractivity contribution in [1.82, 2.24) is 15.2 Å². The summed E-state index contributed by atoms with van der Waals surface area (Å²) in [5, 5.41) is 26.9. The number of hydrazone groups is 1. The van der Waals surface area contributed by atoms with Gasteiger partial charge in [-0.3, -0.25) is 4.79 Å². The number of aromatic hydroxyl groups is 1. The lowest BCUT2D eigenvalue weighted by Gasteiger charge is -1.97. The first kappa shape index (κ1) is 14.2. The molecular formula is C12H11N5O4. The summed E-state index contributed by atoms with van der Waals surface area (Å²) in [5.41, 5.74) is 2.97. The molecular weight excluding hydrogens is 278 g/mol. The number of nitrogens with zero attached hydrogens (tertiary/aromatic N) is 4. The van der Waals surface area contributed by atoms with Crippen LogP contribution in [0.15, 0.2) is 41.6 Å². The Bertz CT molecular complexity index is 677. The second-order valence-electron chi connectivity index (χ2n) is 4.01. The second kappa shape index (κ2) is 6.28. The first-order valence-corrected chi connectivity index (χ1v) is 5.83. The molecule has 1 aromatic carbocycles. The molecule has 2 N–H and O–H groups in total. The molecule has 108 valence electrons. The fourth-order valence-electron chi connectivity index (χ4n) is 1.46. The summed E-state index contributed by atoms with van der Waals surface area (Å²) in [6, 6.07) is 7.44. The Morgan fingerprint density at radius 3 is 2.76 bits per heavy atom. The van der Waals surface area contributed by atoms with Crippen molar-refractivity contribution in [1.29, 1.82) is 0 Å². The van der Waals surface area contributed by atoms with Gasteiger partial charge in [-0.15, -0.1) is 0 Å². The summed E-state index contributed by atoms with van der Waals surface area (Å²) in [6.07, 6.45) is 2.74. The van der Waals surface area contributed by atoms with Crippen LogP contribution in [0.4, 0.5) is 5.82 Å². The molecule has 0 aliphatic carbocycles. The number of amides is 1. The van der Waals surface area contributed by atoms with E-state index in [1.165, 1.54) is 30.6 Å². The van der Waals surface area contributed by atoms with Gasteiger partial charge < -0.3 is 15.2 Å².